The molecule has 1 aromatic carbocycles. The maximum absolute atomic E-state index is 13.2. The summed E-state index contributed by atoms with van der Waals surface area (Å²) in [5.74, 6) is -0.491. The number of para-hydroxylation sites is 1. The summed E-state index contributed by atoms with van der Waals surface area (Å²) in [6.45, 7) is 2.15. The molecule has 5 atom stereocenters. The number of fused-ring (bicyclic) bond motifs is 3. The molecule has 3 heterocycles. The van der Waals surface area contributed by atoms with Crippen molar-refractivity contribution in [1.29, 1.82) is 0 Å². The van der Waals surface area contributed by atoms with E-state index in [2.05, 4.69) is 17.0 Å². The first-order valence-corrected chi connectivity index (χ1v) is 10.9. The number of hydrogen-bond donors (Lipinski definition) is 0. The molecule has 2 saturated heterocycles. The van der Waals surface area contributed by atoms with Crippen LogP contribution >= 0.6 is 0 Å². The molecule has 7 rings (SSSR count). The molecule has 29 heavy (non-hydrogen) atoms. The normalized spacial score (nSPS) is 41.5. The molecule has 6 nitrogen and oxygen atoms in total. The minimum atomic E-state index is -0.602. The van der Waals surface area contributed by atoms with Gasteiger partial charge in [-0.05, 0) is 68.7 Å². The molecule has 1 amide bonds. The molecule has 0 radical (unpaired) electrons. The van der Waals surface area contributed by atoms with Gasteiger partial charge in [0.15, 0.2) is 0 Å². The third kappa shape index (κ3) is 1.72. The predicted octanol–water partition coefficient (Wildman–Crippen LogP) is 3.09. The quantitative estimate of drug-likeness (QED) is 0.683. The molecule has 1 aromatic rings. The fraction of sp³-hybridized carbons (Fsp3) is 0.652. The monoisotopic (exact) mass is 396 g/mol. The fourth-order valence-corrected chi connectivity index (χ4v) is 8.59. The molecule has 2 bridgehead atoms. The van der Waals surface area contributed by atoms with Gasteiger partial charge in [-0.15, -0.1) is 0 Å². The summed E-state index contributed by atoms with van der Waals surface area (Å²) in [5.41, 5.74) is 1.47. The van der Waals surface area contributed by atoms with E-state index in [1.54, 1.807) is 0 Å². The van der Waals surface area contributed by atoms with Gasteiger partial charge in [-0.1, -0.05) is 18.2 Å². The van der Waals surface area contributed by atoms with E-state index in [4.69, 9.17) is 9.47 Å². The molecular formula is C23H28N2O4. The zero-order valence-corrected chi connectivity index (χ0v) is 17.1. The summed E-state index contributed by atoms with van der Waals surface area (Å²) >= 11 is 0. The van der Waals surface area contributed by atoms with E-state index in [1.165, 1.54) is 32.6 Å². The molecule has 3 aliphatic carbocycles. The Morgan fingerprint density at radius 3 is 2.66 bits per heavy atom. The number of carbonyl (C=O) groups is 2. The van der Waals surface area contributed by atoms with Crippen molar-refractivity contribution in [2.24, 2.45) is 11.3 Å². The summed E-state index contributed by atoms with van der Waals surface area (Å²) in [4.78, 5) is 31.0. The highest BCUT2D eigenvalue weighted by Gasteiger charge is 2.81. The van der Waals surface area contributed by atoms with Crippen LogP contribution in [0.15, 0.2) is 24.3 Å². The van der Waals surface area contributed by atoms with Gasteiger partial charge >= 0.3 is 12.1 Å². The van der Waals surface area contributed by atoms with Crippen molar-refractivity contribution < 1.29 is 19.1 Å². The lowest BCUT2D eigenvalue weighted by Crippen LogP contribution is -2.79. The number of rotatable bonds is 1. The summed E-state index contributed by atoms with van der Waals surface area (Å²) in [6, 6.07) is 8.68. The maximum atomic E-state index is 13.2. The van der Waals surface area contributed by atoms with E-state index < -0.39 is 5.54 Å². The Kier molecular flexibility index (Phi) is 3.39. The molecule has 0 aromatic heterocycles. The lowest BCUT2D eigenvalue weighted by atomic mass is 9.38. The Balaban J connectivity index is 1.69. The Labute approximate surface area is 171 Å². The van der Waals surface area contributed by atoms with Gasteiger partial charge in [0.1, 0.15) is 0 Å². The third-order valence-corrected chi connectivity index (χ3v) is 9.16. The molecular weight excluding hydrogens is 368 g/mol. The van der Waals surface area contributed by atoms with E-state index in [-0.39, 0.29) is 28.8 Å². The van der Waals surface area contributed by atoms with Gasteiger partial charge in [0.25, 0.3) is 0 Å². The Morgan fingerprint density at radius 1 is 1.03 bits per heavy atom. The van der Waals surface area contributed by atoms with Crippen molar-refractivity contribution in [2.45, 2.75) is 55.5 Å². The van der Waals surface area contributed by atoms with Gasteiger partial charge in [0, 0.05) is 11.5 Å². The van der Waals surface area contributed by atoms with Crippen molar-refractivity contribution in [3.63, 3.8) is 0 Å². The Bertz CT molecular complexity index is 918. The maximum Gasteiger partial charge on any atom is 0.414 e. The SMILES string of the molecule is COC(=O)C1C[C@@]23CCCN4CCC5(c6ccccc6N(C(=O)OC)[C@]15CC2)[C@@H]43. The third-order valence-electron chi connectivity index (χ3n) is 9.16. The highest BCUT2D eigenvalue weighted by Crippen LogP contribution is 2.75. The number of anilines is 1. The fourth-order valence-electron chi connectivity index (χ4n) is 8.59. The van der Waals surface area contributed by atoms with Crippen LogP contribution in [-0.2, 0) is 19.7 Å². The van der Waals surface area contributed by atoms with Crippen LogP contribution < -0.4 is 4.90 Å². The zero-order valence-electron chi connectivity index (χ0n) is 17.1. The predicted molar refractivity (Wildman–Crippen MR) is 107 cm³/mol. The van der Waals surface area contributed by atoms with Crippen LogP contribution in [0.1, 0.15) is 44.1 Å². The van der Waals surface area contributed by atoms with Crippen LogP contribution in [0.3, 0.4) is 0 Å². The first-order valence-electron chi connectivity index (χ1n) is 10.9. The Hall–Kier alpha value is -2.08. The molecule has 3 saturated carbocycles. The Morgan fingerprint density at radius 2 is 1.86 bits per heavy atom. The van der Waals surface area contributed by atoms with Crippen molar-refractivity contribution in [2.75, 3.05) is 32.2 Å². The standard InChI is InChI=1S/C23H28N2O4/c1-28-18(26)16-14-21-8-5-12-24-13-11-22(19(21)24)15-6-3-4-7-17(15)25(20(27)29-2)23(16,22)10-9-21/h3-4,6-7,16,19H,5,8-14H2,1-2H3/t16?,19-,21+,22?,23+/m0/s1. The number of benzene rings is 1. The van der Waals surface area contributed by atoms with Crippen molar-refractivity contribution in [3.8, 4) is 0 Å². The minimum absolute atomic E-state index is 0.134. The summed E-state index contributed by atoms with van der Waals surface area (Å²) in [5, 5.41) is 0. The molecule has 0 N–H and O–H groups in total. The van der Waals surface area contributed by atoms with Crippen LogP contribution in [0.5, 0.6) is 0 Å². The second kappa shape index (κ2) is 5.54. The largest absolute Gasteiger partial charge is 0.469 e. The molecule has 3 spiro atoms. The summed E-state index contributed by atoms with van der Waals surface area (Å²) in [6.07, 6.45) is 5.69. The number of esters is 1. The van der Waals surface area contributed by atoms with Gasteiger partial charge in [0.2, 0.25) is 0 Å². The van der Waals surface area contributed by atoms with Gasteiger partial charge in [-0.25, -0.2) is 4.79 Å². The smallest absolute Gasteiger partial charge is 0.414 e. The van der Waals surface area contributed by atoms with Crippen molar-refractivity contribution >= 4 is 17.7 Å². The van der Waals surface area contributed by atoms with Gasteiger partial charge in [-0.2, -0.15) is 0 Å². The zero-order chi connectivity index (χ0) is 20.0. The van der Waals surface area contributed by atoms with Crippen LogP contribution in [0.4, 0.5) is 10.5 Å². The van der Waals surface area contributed by atoms with E-state index >= 15 is 0 Å². The second-order valence-electron chi connectivity index (χ2n) is 9.65. The van der Waals surface area contributed by atoms with E-state index in [0.717, 1.165) is 44.5 Å². The molecule has 2 unspecified atom stereocenters. The van der Waals surface area contributed by atoms with Crippen LogP contribution in [0, 0.1) is 11.3 Å². The average molecular weight is 396 g/mol. The minimum Gasteiger partial charge on any atom is -0.469 e. The molecule has 5 fully saturated rings. The highest BCUT2D eigenvalue weighted by molar-refractivity contribution is 5.97. The number of carbonyl (C=O) groups excluding carboxylic acids is 2. The number of ether oxygens (including phenoxy) is 2. The van der Waals surface area contributed by atoms with Crippen LogP contribution in [-0.4, -0.2) is 55.9 Å². The average Bonchev–Trinajstić information content (AvgIpc) is 3.29. The van der Waals surface area contributed by atoms with E-state index in [1.807, 2.05) is 17.0 Å². The van der Waals surface area contributed by atoms with Crippen molar-refractivity contribution in [1.82, 2.24) is 4.90 Å². The number of amides is 1. The van der Waals surface area contributed by atoms with Gasteiger partial charge < -0.3 is 9.47 Å². The topological polar surface area (TPSA) is 59.1 Å². The summed E-state index contributed by atoms with van der Waals surface area (Å²) < 4.78 is 10.7. The van der Waals surface area contributed by atoms with Crippen LogP contribution in [0.25, 0.3) is 0 Å². The van der Waals surface area contributed by atoms with Crippen LogP contribution in [0.2, 0.25) is 0 Å². The summed E-state index contributed by atoms with van der Waals surface area (Å²) in [7, 11) is 2.92. The second-order valence-corrected chi connectivity index (χ2v) is 9.65. The number of hydrogen-bond acceptors (Lipinski definition) is 5. The number of methoxy groups -OCH3 is 2. The van der Waals surface area contributed by atoms with E-state index in [0.29, 0.717) is 6.04 Å². The van der Waals surface area contributed by atoms with Gasteiger partial charge in [0.05, 0.1) is 31.4 Å². The first kappa shape index (κ1) is 17.8. The lowest BCUT2D eigenvalue weighted by Gasteiger charge is -2.69. The molecule has 6 heteroatoms. The van der Waals surface area contributed by atoms with Gasteiger partial charge in [-0.3, -0.25) is 14.6 Å². The number of nitrogens with zero attached hydrogens (tertiary/aromatic N) is 2. The highest BCUT2D eigenvalue weighted by atomic mass is 16.5. The van der Waals surface area contributed by atoms with Crippen molar-refractivity contribution in [3.05, 3.63) is 29.8 Å². The lowest BCUT2D eigenvalue weighted by molar-refractivity contribution is -0.174. The molecule has 154 valence electrons. The van der Waals surface area contributed by atoms with E-state index in [9.17, 15) is 9.59 Å². The molecule has 3 aliphatic heterocycles. The first-order chi connectivity index (χ1) is 14.1. The molecule has 6 aliphatic rings. The number of piperidine rings is 1.